The molecule has 2 aliphatic heterocycles. The Hall–Kier alpha value is -4.04. The van der Waals surface area contributed by atoms with Gasteiger partial charge in [0, 0.05) is 49.2 Å². The molecule has 2 amide bonds. The van der Waals surface area contributed by atoms with Gasteiger partial charge in [0.05, 0.1) is 32.0 Å². The van der Waals surface area contributed by atoms with E-state index < -0.39 is 58.6 Å². The van der Waals surface area contributed by atoms with Crippen molar-refractivity contribution in [3.8, 4) is 0 Å². The Morgan fingerprint density at radius 1 is 0.959 bits per heavy atom. The predicted molar refractivity (Wildman–Crippen MR) is 171 cm³/mol. The number of ether oxygens (including phenoxy) is 4. The summed E-state index contributed by atoms with van der Waals surface area (Å²) >= 11 is 0. The van der Waals surface area contributed by atoms with Crippen LogP contribution in [0.5, 0.6) is 0 Å². The van der Waals surface area contributed by atoms with Crippen LogP contribution in [-0.4, -0.2) is 68.9 Å². The van der Waals surface area contributed by atoms with Crippen LogP contribution in [0.25, 0.3) is 0 Å². The van der Waals surface area contributed by atoms with E-state index in [0.29, 0.717) is 45.2 Å². The summed E-state index contributed by atoms with van der Waals surface area (Å²) in [7, 11) is 1.09. The first kappa shape index (κ1) is 34.8. The number of benzene rings is 3. The minimum Gasteiger partial charge on any atom is -0.453 e. The zero-order valence-corrected chi connectivity index (χ0v) is 27.0. The molecule has 3 aromatic rings. The highest BCUT2D eigenvalue weighted by Gasteiger charge is 2.51. The topological polar surface area (TPSA) is 107 Å². The highest BCUT2D eigenvalue weighted by molar-refractivity contribution is 5.98. The molecular formula is C36H39F4N3O6. The fraction of sp³-hybridized carbons (Fsp3) is 0.444. The molecule has 3 fully saturated rings. The number of carbonyl (C=O) groups is 2. The Morgan fingerprint density at radius 2 is 1.69 bits per heavy atom. The van der Waals surface area contributed by atoms with E-state index >= 15 is 4.39 Å². The van der Waals surface area contributed by atoms with Gasteiger partial charge in [-0.1, -0.05) is 18.2 Å². The van der Waals surface area contributed by atoms with E-state index in [2.05, 4.69) is 16.0 Å². The van der Waals surface area contributed by atoms with Gasteiger partial charge in [-0.3, -0.25) is 4.79 Å². The smallest absolute Gasteiger partial charge is 0.407 e. The lowest BCUT2D eigenvalue weighted by Gasteiger charge is -2.49. The van der Waals surface area contributed by atoms with Crippen LogP contribution < -0.4 is 16.0 Å². The molecule has 4 unspecified atom stereocenters. The third kappa shape index (κ3) is 8.07. The minimum atomic E-state index is -1.53. The fourth-order valence-corrected chi connectivity index (χ4v) is 7.34. The van der Waals surface area contributed by atoms with Gasteiger partial charge in [0.1, 0.15) is 29.3 Å². The molecule has 3 N–H and O–H groups in total. The molecule has 0 aromatic heterocycles. The molecule has 6 rings (SSSR count). The molecule has 4 atom stereocenters. The third-order valence-electron chi connectivity index (χ3n) is 9.47. The number of hydrogen-bond acceptors (Lipinski definition) is 7. The lowest BCUT2D eigenvalue weighted by atomic mass is 9.79. The number of rotatable bonds is 9. The van der Waals surface area contributed by atoms with Gasteiger partial charge in [-0.2, -0.15) is 0 Å². The molecule has 13 heteroatoms. The number of morpholine rings is 1. The molecule has 0 bridgehead atoms. The maximum atomic E-state index is 15.4. The summed E-state index contributed by atoms with van der Waals surface area (Å²) in [5, 5.41) is 8.64. The van der Waals surface area contributed by atoms with Crippen molar-refractivity contribution in [3.05, 3.63) is 101 Å². The lowest BCUT2D eigenvalue weighted by molar-refractivity contribution is -0.243. The summed E-state index contributed by atoms with van der Waals surface area (Å²) in [5.74, 6) is -5.63. The van der Waals surface area contributed by atoms with E-state index in [0.717, 1.165) is 50.6 Å². The van der Waals surface area contributed by atoms with Gasteiger partial charge in [0.15, 0.2) is 5.79 Å². The Labute approximate surface area is 281 Å². The number of halogens is 4. The third-order valence-corrected chi connectivity index (χ3v) is 9.47. The van der Waals surface area contributed by atoms with Crippen molar-refractivity contribution in [2.24, 2.45) is 0 Å². The zero-order valence-electron chi connectivity index (χ0n) is 27.0. The second-order valence-corrected chi connectivity index (χ2v) is 12.8. The largest absolute Gasteiger partial charge is 0.453 e. The van der Waals surface area contributed by atoms with Gasteiger partial charge in [0.2, 0.25) is 5.91 Å². The van der Waals surface area contributed by atoms with Crippen molar-refractivity contribution in [2.45, 2.75) is 68.0 Å². The molecular weight excluding hydrogens is 646 g/mol. The maximum Gasteiger partial charge on any atom is 0.407 e. The predicted octanol–water partition coefficient (Wildman–Crippen LogP) is 5.72. The van der Waals surface area contributed by atoms with Crippen molar-refractivity contribution in [1.82, 2.24) is 10.6 Å². The summed E-state index contributed by atoms with van der Waals surface area (Å²) in [6, 6.07) is 10.4. The Bertz CT molecular complexity index is 1630. The number of anilines is 1. The number of carbonyl (C=O) groups excluding carboxylic acids is 2. The highest BCUT2D eigenvalue weighted by Crippen LogP contribution is 2.44. The average Bonchev–Trinajstić information content (AvgIpc) is 3.51. The first-order valence-electron chi connectivity index (χ1n) is 16.4. The summed E-state index contributed by atoms with van der Waals surface area (Å²) in [4.78, 5) is 26.6. The van der Waals surface area contributed by atoms with Crippen LogP contribution in [0, 0.1) is 23.3 Å². The molecule has 9 nitrogen and oxygen atoms in total. The molecule has 2 spiro atoms. The molecule has 3 aromatic carbocycles. The Balaban J connectivity index is 1.24. The number of nitrogens with one attached hydrogen (secondary N) is 3. The van der Waals surface area contributed by atoms with Crippen molar-refractivity contribution >= 4 is 17.7 Å². The molecule has 2 heterocycles. The van der Waals surface area contributed by atoms with Crippen LogP contribution in [0.4, 0.5) is 28.0 Å². The van der Waals surface area contributed by atoms with Crippen molar-refractivity contribution in [3.63, 3.8) is 0 Å². The molecule has 1 aliphatic carbocycles. The van der Waals surface area contributed by atoms with Crippen LogP contribution in [0.3, 0.4) is 0 Å². The molecule has 0 radical (unpaired) electrons. The van der Waals surface area contributed by atoms with Gasteiger partial charge in [0.25, 0.3) is 0 Å². The first-order chi connectivity index (χ1) is 23.6. The number of alkyl carbamates (subject to hydrolysis) is 1. The van der Waals surface area contributed by atoms with Crippen LogP contribution in [0.15, 0.2) is 60.7 Å². The quantitative estimate of drug-likeness (QED) is 0.248. The Kier molecular flexibility index (Phi) is 10.5. The fourth-order valence-electron chi connectivity index (χ4n) is 7.34. The van der Waals surface area contributed by atoms with Gasteiger partial charge in [-0.05, 0) is 73.2 Å². The molecule has 1 saturated carbocycles. The minimum absolute atomic E-state index is 0.00565. The molecule has 2 saturated heterocycles. The number of hydrogen-bond donors (Lipinski definition) is 3. The van der Waals surface area contributed by atoms with Gasteiger partial charge < -0.3 is 34.9 Å². The second-order valence-electron chi connectivity index (χ2n) is 12.8. The van der Waals surface area contributed by atoms with Crippen molar-refractivity contribution < 1.29 is 46.1 Å². The van der Waals surface area contributed by atoms with Crippen molar-refractivity contribution in [1.29, 1.82) is 0 Å². The van der Waals surface area contributed by atoms with E-state index in [1.54, 1.807) is 0 Å². The van der Waals surface area contributed by atoms with Crippen LogP contribution in [0.1, 0.15) is 54.7 Å². The van der Waals surface area contributed by atoms with E-state index in [-0.39, 0.29) is 34.9 Å². The van der Waals surface area contributed by atoms with Crippen molar-refractivity contribution in [2.75, 3.05) is 38.7 Å². The second kappa shape index (κ2) is 14.8. The summed E-state index contributed by atoms with van der Waals surface area (Å²) in [5.41, 5.74) is 0.155. The van der Waals surface area contributed by atoms with Crippen LogP contribution in [-0.2, 0) is 30.2 Å². The summed E-state index contributed by atoms with van der Waals surface area (Å²) in [6.45, 7) is 2.31. The molecule has 262 valence electrons. The maximum absolute atomic E-state index is 15.4. The lowest BCUT2D eigenvalue weighted by Crippen LogP contribution is -2.59. The standard InChI is InChI=1S/C36H39F4N3O6/c1-46-34(45)43-32(31(22-6-8-24(37)9-7-22)23-16-25(38)18-26(39)17-23)33(44)42-30-5-2-4-29(40)28(30)11-10-27-19-41-21-35(49-27)12-3-13-36(20-35)47-14-15-48-36/h2,4-9,16-18,27,31-32,41H,3,10-15,19-21H2,1H3,(H,42,44)(H,43,45). The number of amides is 2. The Morgan fingerprint density at radius 3 is 2.41 bits per heavy atom. The van der Waals surface area contributed by atoms with E-state index in [1.165, 1.54) is 30.3 Å². The van der Waals surface area contributed by atoms with Gasteiger partial charge >= 0.3 is 6.09 Å². The van der Waals surface area contributed by atoms with Crippen LogP contribution in [0.2, 0.25) is 0 Å². The SMILES string of the molecule is COC(=O)NC(C(=O)Nc1cccc(F)c1CCC1CNCC2(CCCC3(C2)OCCO3)O1)C(c1ccc(F)cc1)c1cc(F)cc(F)c1. The zero-order chi connectivity index (χ0) is 34.6. The average molecular weight is 686 g/mol. The number of methoxy groups -OCH3 is 1. The van der Waals surface area contributed by atoms with E-state index in [1.807, 2.05) is 0 Å². The molecule has 3 aliphatic rings. The van der Waals surface area contributed by atoms with E-state index in [4.69, 9.17) is 18.9 Å². The highest BCUT2D eigenvalue weighted by atomic mass is 19.1. The molecule has 49 heavy (non-hydrogen) atoms. The normalized spacial score (nSPS) is 22.8. The van der Waals surface area contributed by atoms with E-state index in [9.17, 15) is 22.8 Å². The summed E-state index contributed by atoms with van der Waals surface area (Å²) < 4.78 is 81.6. The van der Waals surface area contributed by atoms with Gasteiger partial charge in [-0.25, -0.2) is 22.4 Å². The monoisotopic (exact) mass is 685 g/mol. The van der Waals surface area contributed by atoms with Crippen LogP contribution >= 0.6 is 0 Å². The first-order valence-corrected chi connectivity index (χ1v) is 16.4. The van der Waals surface area contributed by atoms with Gasteiger partial charge in [-0.15, -0.1) is 0 Å². The summed E-state index contributed by atoms with van der Waals surface area (Å²) in [6.07, 6.45) is 2.51.